The molecule has 22 heavy (non-hydrogen) atoms. The van der Waals surface area contributed by atoms with Crippen molar-refractivity contribution < 1.29 is 14.6 Å². The molecule has 1 aromatic heterocycles. The van der Waals surface area contributed by atoms with E-state index in [1.807, 2.05) is 24.4 Å². The lowest BCUT2D eigenvalue weighted by atomic mass is 10.1. The number of urea groups is 1. The van der Waals surface area contributed by atoms with Gasteiger partial charge in [-0.3, -0.25) is 0 Å². The number of aromatic nitrogens is 1. The molecule has 0 radical (unpaired) electrons. The average Bonchev–Trinajstić information content (AvgIpc) is 2.91. The van der Waals surface area contributed by atoms with E-state index in [0.29, 0.717) is 19.5 Å². The minimum absolute atomic E-state index is 0.218. The van der Waals surface area contributed by atoms with Gasteiger partial charge in [-0.25, -0.2) is 4.79 Å². The third kappa shape index (κ3) is 4.75. The summed E-state index contributed by atoms with van der Waals surface area (Å²) in [5.41, 5.74) is 2.29. The van der Waals surface area contributed by atoms with Crippen LogP contribution in [0.5, 0.6) is 0 Å². The number of hydrogen-bond donors (Lipinski definition) is 4. The van der Waals surface area contributed by atoms with Gasteiger partial charge in [-0.2, -0.15) is 0 Å². The van der Waals surface area contributed by atoms with Crippen LogP contribution in [-0.2, 0) is 11.2 Å². The first-order valence-electron chi connectivity index (χ1n) is 7.44. The van der Waals surface area contributed by atoms with Crippen LogP contribution in [0, 0.1) is 0 Å². The van der Waals surface area contributed by atoms with Crippen molar-refractivity contribution in [2.75, 3.05) is 26.8 Å². The van der Waals surface area contributed by atoms with Gasteiger partial charge >= 0.3 is 6.03 Å². The molecule has 6 nitrogen and oxygen atoms in total. The Bertz CT molecular complexity index is 597. The third-order valence-electron chi connectivity index (χ3n) is 3.48. The molecule has 0 saturated carbocycles. The van der Waals surface area contributed by atoms with Gasteiger partial charge in [0.2, 0.25) is 0 Å². The number of aliphatic hydroxyl groups is 1. The monoisotopic (exact) mass is 305 g/mol. The number of hydrogen-bond acceptors (Lipinski definition) is 3. The Balaban J connectivity index is 1.67. The second kappa shape index (κ2) is 8.41. The van der Waals surface area contributed by atoms with E-state index in [1.54, 1.807) is 0 Å². The number of benzene rings is 1. The van der Waals surface area contributed by atoms with Crippen LogP contribution in [0.2, 0.25) is 0 Å². The molecule has 2 rings (SSSR count). The summed E-state index contributed by atoms with van der Waals surface area (Å²) in [6.45, 7) is 1.27. The molecular formula is C16H23N3O3. The van der Waals surface area contributed by atoms with Crippen LogP contribution < -0.4 is 10.6 Å². The molecule has 0 aliphatic carbocycles. The van der Waals surface area contributed by atoms with E-state index in [-0.39, 0.29) is 12.6 Å². The Hall–Kier alpha value is -2.05. The summed E-state index contributed by atoms with van der Waals surface area (Å²) in [6, 6.07) is 7.88. The smallest absolute Gasteiger partial charge is 0.314 e. The summed E-state index contributed by atoms with van der Waals surface area (Å²) in [5.74, 6) is 0. The maximum Gasteiger partial charge on any atom is 0.314 e. The van der Waals surface area contributed by atoms with Gasteiger partial charge in [0.05, 0.1) is 12.7 Å². The van der Waals surface area contributed by atoms with Crippen molar-refractivity contribution in [1.29, 1.82) is 0 Å². The van der Waals surface area contributed by atoms with Gasteiger partial charge in [0, 0.05) is 37.3 Å². The SMILES string of the molecule is COCC(O)CCNC(=O)NCCc1c[nH]c2ccccc12. The topological polar surface area (TPSA) is 86.4 Å². The van der Waals surface area contributed by atoms with Crippen LogP contribution >= 0.6 is 0 Å². The number of carbonyl (C=O) groups is 1. The van der Waals surface area contributed by atoms with E-state index >= 15 is 0 Å². The molecule has 120 valence electrons. The predicted octanol–water partition coefficient (Wildman–Crippen LogP) is 1.41. The first kappa shape index (κ1) is 16.3. The molecule has 4 N–H and O–H groups in total. The van der Waals surface area contributed by atoms with Crippen LogP contribution in [0.3, 0.4) is 0 Å². The number of aromatic amines is 1. The van der Waals surface area contributed by atoms with Crippen molar-refractivity contribution in [2.45, 2.75) is 18.9 Å². The summed E-state index contributed by atoms with van der Waals surface area (Å²) in [4.78, 5) is 14.8. The van der Waals surface area contributed by atoms with Gasteiger partial charge in [-0.05, 0) is 24.5 Å². The Kier molecular flexibility index (Phi) is 6.24. The Morgan fingerprint density at radius 3 is 2.91 bits per heavy atom. The van der Waals surface area contributed by atoms with Crippen LogP contribution in [0.25, 0.3) is 10.9 Å². The van der Waals surface area contributed by atoms with Crippen molar-refractivity contribution >= 4 is 16.9 Å². The first-order chi connectivity index (χ1) is 10.7. The minimum atomic E-state index is -0.545. The summed E-state index contributed by atoms with van der Waals surface area (Å²) in [5, 5.41) is 16.2. The second-order valence-electron chi connectivity index (χ2n) is 5.19. The number of fused-ring (bicyclic) bond motifs is 1. The highest BCUT2D eigenvalue weighted by Gasteiger charge is 2.06. The molecule has 2 aromatic rings. The zero-order chi connectivity index (χ0) is 15.8. The molecule has 1 unspecified atom stereocenters. The molecule has 6 heteroatoms. The highest BCUT2D eigenvalue weighted by molar-refractivity contribution is 5.83. The number of amides is 2. The van der Waals surface area contributed by atoms with E-state index in [4.69, 9.17) is 4.74 Å². The maximum atomic E-state index is 11.6. The normalized spacial score (nSPS) is 12.3. The zero-order valence-electron chi connectivity index (χ0n) is 12.8. The zero-order valence-corrected chi connectivity index (χ0v) is 12.8. The van der Waals surface area contributed by atoms with Crippen molar-refractivity contribution in [2.24, 2.45) is 0 Å². The van der Waals surface area contributed by atoms with Crippen LogP contribution in [-0.4, -0.2) is 49.0 Å². The molecule has 0 aliphatic rings. The van der Waals surface area contributed by atoms with Crippen LogP contribution in [0.4, 0.5) is 4.79 Å². The van der Waals surface area contributed by atoms with Gasteiger partial charge in [-0.1, -0.05) is 18.2 Å². The highest BCUT2D eigenvalue weighted by Crippen LogP contribution is 2.17. The number of rotatable bonds is 8. The number of carbonyl (C=O) groups excluding carboxylic acids is 1. The summed E-state index contributed by atoms with van der Waals surface area (Å²) < 4.78 is 4.82. The van der Waals surface area contributed by atoms with Gasteiger partial charge in [0.25, 0.3) is 0 Å². The number of aliphatic hydroxyl groups excluding tert-OH is 1. The lowest BCUT2D eigenvalue weighted by Crippen LogP contribution is -2.38. The molecule has 0 aliphatic heterocycles. The second-order valence-corrected chi connectivity index (χ2v) is 5.19. The lowest BCUT2D eigenvalue weighted by molar-refractivity contribution is 0.0599. The molecule has 2 amide bonds. The highest BCUT2D eigenvalue weighted by atomic mass is 16.5. The van der Waals surface area contributed by atoms with Crippen molar-refractivity contribution in [3.63, 3.8) is 0 Å². The van der Waals surface area contributed by atoms with E-state index < -0.39 is 6.10 Å². The van der Waals surface area contributed by atoms with E-state index in [1.165, 1.54) is 18.1 Å². The van der Waals surface area contributed by atoms with Crippen molar-refractivity contribution in [3.05, 3.63) is 36.0 Å². The van der Waals surface area contributed by atoms with E-state index in [9.17, 15) is 9.90 Å². The fourth-order valence-electron chi connectivity index (χ4n) is 2.34. The van der Waals surface area contributed by atoms with Gasteiger partial charge in [0.15, 0.2) is 0 Å². The third-order valence-corrected chi connectivity index (χ3v) is 3.48. The first-order valence-corrected chi connectivity index (χ1v) is 7.44. The largest absolute Gasteiger partial charge is 0.391 e. The standard InChI is InChI=1S/C16H23N3O3/c1-22-11-13(20)7-9-18-16(21)17-8-6-12-10-19-15-5-3-2-4-14(12)15/h2-5,10,13,19-20H,6-9,11H2,1H3,(H2,17,18,21). The number of methoxy groups -OCH3 is 1. The molecular weight excluding hydrogens is 282 g/mol. The fourth-order valence-corrected chi connectivity index (χ4v) is 2.34. The van der Waals surface area contributed by atoms with Crippen LogP contribution in [0.1, 0.15) is 12.0 Å². The number of para-hydroxylation sites is 1. The van der Waals surface area contributed by atoms with E-state index in [2.05, 4.69) is 21.7 Å². The molecule has 0 bridgehead atoms. The number of nitrogens with one attached hydrogen (secondary N) is 3. The Morgan fingerprint density at radius 2 is 2.09 bits per heavy atom. The van der Waals surface area contributed by atoms with Gasteiger partial charge in [-0.15, -0.1) is 0 Å². The molecule has 0 saturated heterocycles. The van der Waals surface area contributed by atoms with Gasteiger partial charge in [0.1, 0.15) is 0 Å². The number of ether oxygens (including phenoxy) is 1. The fraction of sp³-hybridized carbons (Fsp3) is 0.438. The molecule has 1 heterocycles. The maximum absolute atomic E-state index is 11.6. The molecule has 1 aromatic carbocycles. The number of H-pyrrole nitrogens is 1. The Labute approximate surface area is 129 Å². The Morgan fingerprint density at radius 1 is 1.32 bits per heavy atom. The lowest BCUT2D eigenvalue weighted by Gasteiger charge is -2.10. The van der Waals surface area contributed by atoms with Gasteiger partial charge < -0.3 is 25.5 Å². The quantitative estimate of drug-likeness (QED) is 0.595. The van der Waals surface area contributed by atoms with Crippen LogP contribution in [0.15, 0.2) is 30.5 Å². The molecule has 1 atom stereocenters. The predicted molar refractivity (Wildman–Crippen MR) is 85.9 cm³/mol. The van der Waals surface area contributed by atoms with Crippen molar-refractivity contribution in [3.8, 4) is 0 Å². The molecule has 0 fully saturated rings. The summed E-state index contributed by atoms with van der Waals surface area (Å²) in [6.07, 6.45) is 2.68. The average molecular weight is 305 g/mol. The summed E-state index contributed by atoms with van der Waals surface area (Å²) >= 11 is 0. The van der Waals surface area contributed by atoms with Crippen molar-refractivity contribution in [1.82, 2.24) is 15.6 Å². The summed E-state index contributed by atoms with van der Waals surface area (Å²) in [7, 11) is 1.54. The van der Waals surface area contributed by atoms with E-state index in [0.717, 1.165) is 11.9 Å². The minimum Gasteiger partial charge on any atom is -0.391 e. The molecule has 0 spiro atoms.